The number of anilines is 1. The lowest BCUT2D eigenvalue weighted by Gasteiger charge is -2.13. The first-order valence-electron chi connectivity index (χ1n) is 9.35. The highest BCUT2D eigenvalue weighted by Crippen LogP contribution is 2.45. The quantitative estimate of drug-likeness (QED) is 0.477. The molecule has 5 rings (SSSR count). The van der Waals surface area contributed by atoms with E-state index in [2.05, 4.69) is 25.9 Å². The average molecular weight is 465 g/mol. The number of H-pyrrole nitrogens is 2. The minimum absolute atomic E-state index is 0.122. The van der Waals surface area contributed by atoms with Gasteiger partial charge in [-0.1, -0.05) is 46.3 Å². The average Bonchev–Trinajstić information content (AvgIpc) is 3.24. The zero-order valence-electron chi connectivity index (χ0n) is 16.2. The van der Waals surface area contributed by atoms with Crippen LogP contribution in [0.5, 0.6) is 0 Å². The van der Waals surface area contributed by atoms with Crippen LogP contribution in [-0.4, -0.2) is 27.5 Å². The summed E-state index contributed by atoms with van der Waals surface area (Å²) in [5, 5.41) is 0.318. The number of carbonyl (C=O) groups is 1. The molecule has 8 heteroatoms. The molecule has 30 heavy (non-hydrogen) atoms. The molecule has 1 aliphatic heterocycles. The van der Waals surface area contributed by atoms with Crippen LogP contribution < -0.4 is 16.1 Å². The molecule has 0 bridgehead atoms. The van der Waals surface area contributed by atoms with Crippen molar-refractivity contribution in [1.82, 2.24) is 14.5 Å². The number of amides is 1. The molecule has 0 saturated carbocycles. The Morgan fingerprint density at radius 1 is 0.933 bits per heavy atom. The van der Waals surface area contributed by atoms with Gasteiger partial charge in [0, 0.05) is 29.8 Å². The van der Waals surface area contributed by atoms with Gasteiger partial charge in [-0.3, -0.25) is 19.1 Å². The molecule has 1 atom stereocenters. The van der Waals surface area contributed by atoms with Gasteiger partial charge < -0.3 is 9.88 Å². The van der Waals surface area contributed by atoms with Gasteiger partial charge in [0.1, 0.15) is 5.65 Å². The van der Waals surface area contributed by atoms with Gasteiger partial charge in [-0.05, 0) is 29.3 Å². The lowest BCUT2D eigenvalue weighted by Crippen LogP contribution is -2.29. The van der Waals surface area contributed by atoms with Crippen molar-refractivity contribution in [2.45, 2.75) is 5.92 Å². The molecule has 0 fully saturated rings. The smallest absolute Gasteiger partial charge is 0.329 e. The van der Waals surface area contributed by atoms with Crippen molar-refractivity contribution < 1.29 is 4.79 Å². The molecule has 0 unspecified atom stereocenters. The van der Waals surface area contributed by atoms with E-state index < -0.39 is 17.2 Å². The summed E-state index contributed by atoms with van der Waals surface area (Å²) in [6.07, 6.45) is 0. The molecule has 2 aromatic heterocycles. The van der Waals surface area contributed by atoms with E-state index in [1.807, 2.05) is 48.5 Å². The monoisotopic (exact) mass is 464 g/mol. The standard InChI is InChI=1S/C22H17BrN4O3/c1-26-14-6-4-3-5-13(14)15(21(26)29)16-17-19(27(2)22(30)25-20(17)28)24-18(16)11-7-9-12(23)10-8-11/h3-10,15,24H,1-2H3,(H,25,28,30)/t15-/m1/s1. The van der Waals surface area contributed by atoms with Gasteiger partial charge in [0.2, 0.25) is 5.91 Å². The summed E-state index contributed by atoms with van der Waals surface area (Å²) in [7, 11) is 3.32. The Hall–Kier alpha value is -3.39. The number of hydrogen-bond donors (Lipinski definition) is 2. The Balaban J connectivity index is 1.92. The van der Waals surface area contributed by atoms with Crippen molar-refractivity contribution in [3.05, 3.63) is 85.0 Å². The zero-order valence-corrected chi connectivity index (χ0v) is 17.8. The molecule has 1 aliphatic rings. The molecule has 4 aromatic rings. The fourth-order valence-corrected chi connectivity index (χ4v) is 4.49. The van der Waals surface area contributed by atoms with Crippen LogP contribution >= 0.6 is 15.9 Å². The van der Waals surface area contributed by atoms with E-state index in [1.54, 1.807) is 19.0 Å². The first-order valence-corrected chi connectivity index (χ1v) is 10.1. The Morgan fingerprint density at radius 3 is 2.37 bits per heavy atom. The summed E-state index contributed by atoms with van der Waals surface area (Å²) in [6, 6.07) is 15.1. The second kappa shape index (κ2) is 6.56. The molecule has 2 N–H and O–H groups in total. The fourth-order valence-electron chi connectivity index (χ4n) is 4.22. The second-order valence-electron chi connectivity index (χ2n) is 7.35. The van der Waals surface area contributed by atoms with Crippen molar-refractivity contribution in [2.75, 3.05) is 11.9 Å². The third kappa shape index (κ3) is 2.53. The maximum atomic E-state index is 13.3. The summed E-state index contributed by atoms with van der Waals surface area (Å²) in [5.41, 5.74) is 3.04. The number of nitrogens with one attached hydrogen (secondary N) is 2. The zero-order chi connectivity index (χ0) is 21.2. The largest absolute Gasteiger partial charge is 0.340 e. The minimum Gasteiger partial charge on any atom is -0.340 e. The van der Waals surface area contributed by atoms with Gasteiger partial charge in [-0.15, -0.1) is 0 Å². The molecule has 0 saturated heterocycles. The fraction of sp³-hybridized carbons (Fsp3) is 0.136. The number of aryl methyl sites for hydroxylation is 1. The van der Waals surface area contributed by atoms with Crippen LogP contribution in [0.1, 0.15) is 17.0 Å². The van der Waals surface area contributed by atoms with Crippen molar-refractivity contribution in [1.29, 1.82) is 0 Å². The van der Waals surface area contributed by atoms with Crippen LogP contribution in [0.4, 0.5) is 5.69 Å². The van der Waals surface area contributed by atoms with Crippen LogP contribution in [0.2, 0.25) is 0 Å². The summed E-state index contributed by atoms with van der Waals surface area (Å²) in [6.45, 7) is 0. The Kier molecular flexibility index (Phi) is 4.08. The number of hydrogen-bond acceptors (Lipinski definition) is 3. The lowest BCUT2D eigenvalue weighted by atomic mass is 9.89. The van der Waals surface area contributed by atoms with Gasteiger partial charge in [-0.25, -0.2) is 4.79 Å². The molecule has 0 radical (unpaired) electrons. The van der Waals surface area contributed by atoms with Gasteiger partial charge >= 0.3 is 5.69 Å². The number of rotatable bonds is 2. The topological polar surface area (TPSA) is 91.0 Å². The minimum atomic E-state index is -0.655. The van der Waals surface area contributed by atoms with E-state index in [0.717, 1.165) is 21.3 Å². The first-order chi connectivity index (χ1) is 14.4. The predicted molar refractivity (Wildman–Crippen MR) is 119 cm³/mol. The molecule has 0 aliphatic carbocycles. The molecular weight excluding hydrogens is 448 g/mol. The number of halogens is 1. The van der Waals surface area contributed by atoms with Crippen molar-refractivity contribution in [3.63, 3.8) is 0 Å². The maximum Gasteiger partial charge on any atom is 0.329 e. The summed E-state index contributed by atoms with van der Waals surface area (Å²) in [4.78, 5) is 45.7. The molecule has 2 aromatic carbocycles. The summed E-state index contributed by atoms with van der Waals surface area (Å²) >= 11 is 3.44. The summed E-state index contributed by atoms with van der Waals surface area (Å²) < 4.78 is 2.27. The Bertz CT molecular complexity index is 1450. The highest BCUT2D eigenvalue weighted by atomic mass is 79.9. The van der Waals surface area contributed by atoms with Gasteiger partial charge in [0.25, 0.3) is 5.56 Å². The molecule has 150 valence electrons. The molecule has 7 nitrogen and oxygen atoms in total. The van der Waals surface area contributed by atoms with Crippen molar-refractivity contribution in [3.8, 4) is 11.3 Å². The maximum absolute atomic E-state index is 13.3. The third-order valence-corrected chi connectivity index (χ3v) is 6.24. The predicted octanol–water partition coefficient (Wildman–Crippen LogP) is 3.09. The number of carbonyl (C=O) groups excluding carboxylic acids is 1. The van der Waals surface area contributed by atoms with Crippen LogP contribution in [-0.2, 0) is 11.8 Å². The second-order valence-corrected chi connectivity index (χ2v) is 8.27. The molecule has 0 spiro atoms. The van der Waals surface area contributed by atoms with Crippen LogP contribution in [0, 0.1) is 0 Å². The first kappa shape index (κ1) is 18.6. The number of aromatic nitrogens is 3. The van der Waals surface area contributed by atoms with Gasteiger partial charge in [-0.2, -0.15) is 0 Å². The number of fused-ring (bicyclic) bond motifs is 2. The van der Waals surface area contributed by atoms with Gasteiger partial charge in [0.05, 0.1) is 17.0 Å². The van der Waals surface area contributed by atoms with Crippen molar-refractivity contribution >= 4 is 38.6 Å². The number of likely N-dealkylation sites (N-methyl/N-ethyl adjacent to an activating group) is 1. The van der Waals surface area contributed by atoms with Gasteiger partial charge in [0.15, 0.2) is 0 Å². The molecule has 3 heterocycles. The number of benzene rings is 2. The van der Waals surface area contributed by atoms with Crippen LogP contribution in [0.25, 0.3) is 22.3 Å². The number of para-hydroxylation sites is 1. The Labute approximate surface area is 179 Å². The third-order valence-electron chi connectivity index (χ3n) is 5.71. The van der Waals surface area contributed by atoms with Crippen LogP contribution in [0.3, 0.4) is 0 Å². The van der Waals surface area contributed by atoms with E-state index >= 15 is 0 Å². The molecule has 1 amide bonds. The van der Waals surface area contributed by atoms with E-state index in [4.69, 9.17) is 0 Å². The highest BCUT2D eigenvalue weighted by molar-refractivity contribution is 9.10. The summed E-state index contributed by atoms with van der Waals surface area (Å²) in [5.74, 6) is -0.777. The number of aromatic amines is 2. The number of nitrogens with zero attached hydrogens (tertiary/aromatic N) is 2. The van der Waals surface area contributed by atoms with Crippen molar-refractivity contribution in [2.24, 2.45) is 7.05 Å². The van der Waals surface area contributed by atoms with Crippen LogP contribution in [0.15, 0.2) is 62.6 Å². The lowest BCUT2D eigenvalue weighted by molar-refractivity contribution is -0.118. The van der Waals surface area contributed by atoms with E-state index in [1.165, 1.54) is 4.57 Å². The highest BCUT2D eigenvalue weighted by Gasteiger charge is 2.40. The normalized spacial score (nSPS) is 15.8. The van der Waals surface area contributed by atoms with E-state index in [9.17, 15) is 14.4 Å². The van der Waals surface area contributed by atoms with E-state index in [0.29, 0.717) is 22.3 Å². The Morgan fingerprint density at radius 2 is 1.63 bits per heavy atom. The molecular formula is C22H17BrN4O3. The van der Waals surface area contributed by atoms with E-state index in [-0.39, 0.29) is 5.91 Å². The SMILES string of the molecule is CN1C(=O)[C@@H](c2c(-c3ccc(Br)cc3)[nH]c3c2c(=O)[nH]c(=O)n3C)c2ccccc21.